The molecule has 1 unspecified atom stereocenters. The molecule has 1 aliphatic rings. The van der Waals surface area contributed by atoms with Gasteiger partial charge in [0.2, 0.25) is 0 Å². The number of rotatable bonds is 12. The van der Waals surface area contributed by atoms with Crippen molar-refractivity contribution in [1.82, 2.24) is 4.90 Å². The number of aryl methyl sites for hydroxylation is 1. The summed E-state index contributed by atoms with van der Waals surface area (Å²) < 4.78 is 16.8. The number of hydrogen-bond donors (Lipinski definition) is 1. The van der Waals surface area contributed by atoms with E-state index in [1.54, 1.807) is 11.8 Å². The van der Waals surface area contributed by atoms with Gasteiger partial charge in [0.05, 0.1) is 6.54 Å². The van der Waals surface area contributed by atoms with Gasteiger partial charge in [0.1, 0.15) is 18.1 Å². The maximum atomic E-state index is 13.0. The van der Waals surface area contributed by atoms with Gasteiger partial charge in [-0.3, -0.25) is 0 Å². The Hall–Kier alpha value is -3.06. The highest BCUT2D eigenvalue weighted by atomic mass is 16.6. The van der Waals surface area contributed by atoms with E-state index in [9.17, 15) is 14.7 Å². The monoisotopic (exact) mass is 483 g/mol. The molecule has 0 aromatic heterocycles. The first-order valence-electron chi connectivity index (χ1n) is 12.5. The van der Waals surface area contributed by atoms with Gasteiger partial charge in [-0.25, -0.2) is 9.59 Å². The number of carbonyl (C=O) groups excluding carboxylic acids is 1. The van der Waals surface area contributed by atoms with E-state index in [1.807, 2.05) is 55.5 Å². The number of benzene rings is 2. The minimum Gasteiger partial charge on any atom is -0.492 e. The summed E-state index contributed by atoms with van der Waals surface area (Å²) in [6, 6.07) is 14.8. The fraction of sp³-hybridized carbons (Fsp3) is 0.500. The van der Waals surface area contributed by atoms with Crippen molar-refractivity contribution in [2.75, 3.05) is 26.3 Å². The van der Waals surface area contributed by atoms with Crippen molar-refractivity contribution in [3.8, 4) is 11.5 Å². The minimum atomic E-state index is -0.970. The molecule has 2 aromatic rings. The van der Waals surface area contributed by atoms with E-state index < -0.39 is 12.1 Å². The molecule has 1 amide bonds. The van der Waals surface area contributed by atoms with E-state index in [0.29, 0.717) is 50.1 Å². The van der Waals surface area contributed by atoms with Crippen LogP contribution in [0, 0.1) is 12.8 Å². The smallest absolute Gasteiger partial charge is 0.415 e. The topological polar surface area (TPSA) is 85.3 Å². The van der Waals surface area contributed by atoms with E-state index in [1.165, 1.54) is 19.3 Å². The van der Waals surface area contributed by atoms with Gasteiger partial charge in [0, 0.05) is 19.6 Å². The van der Waals surface area contributed by atoms with Gasteiger partial charge in [-0.2, -0.15) is 0 Å². The molecular weight excluding hydrogens is 446 g/mol. The van der Waals surface area contributed by atoms with Gasteiger partial charge in [-0.05, 0) is 62.4 Å². The van der Waals surface area contributed by atoms with Gasteiger partial charge in [-0.15, -0.1) is 0 Å². The highest BCUT2D eigenvalue weighted by Crippen LogP contribution is 2.25. The predicted octanol–water partition coefficient (Wildman–Crippen LogP) is 5.49. The maximum absolute atomic E-state index is 13.0. The van der Waals surface area contributed by atoms with Crippen molar-refractivity contribution in [3.63, 3.8) is 0 Å². The maximum Gasteiger partial charge on any atom is 0.415 e. The molecule has 0 saturated heterocycles. The molecule has 0 heterocycles. The van der Waals surface area contributed by atoms with Crippen molar-refractivity contribution >= 4 is 12.1 Å². The lowest BCUT2D eigenvalue weighted by Crippen LogP contribution is -2.40. The average molecular weight is 484 g/mol. The van der Waals surface area contributed by atoms with E-state index in [0.717, 1.165) is 24.0 Å². The van der Waals surface area contributed by atoms with Crippen LogP contribution in [0.1, 0.15) is 50.2 Å². The Labute approximate surface area is 208 Å². The van der Waals surface area contributed by atoms with Crippen LogP contribution in [-0.2, 0) is 16.0 Å². The number of nitrogens with zero attached hydrogens (tertiary/aromatic N) is 1. The summed E-state index contributed by atoms with van der Waals surface area (Å²) in [6.07, 6.45) is 5.03. The number of carboxylic acid groups (broad SMARTS) is 1. The Morgan fingerprint density at radius 1 is 1.00 bits per heavy atom. The largest absolute Gasteiger partial charge is 0.492 e. The molecule has 1 atom stereocenters. The zero-order valence-electron chi connectivity index (χ0n) is 20.8. The molecule has 2 aromatic carbocycles. The molecule has 3 rings (SSSR count). The third-order valence-electron chi connectivity index (χ3n) is 6.31. The standard InChI is InChI=1S/C28H37NO6/c1-3-33-26(27(30)31)19-22-11-15-24(16-12-22)34-18-17-29(20-23-7-5-4-6-8-23)28(32)35-25-13-9-21(2)10-14-25/h9-16,23,26H,3-8,17-20H2,1-2H3,(H,30,31). The Bertz CT molecular complexity index is 921. The van der Waals surface area contributed by atoms with Crippen LogP contribution in [0.3, 0.4) is 0 Å². The average Bonchev–Trinajstić information content (AvgIpc) is 2.86. The zero-order valence-corrected chi connectivity index (χ0v) is 20.8. The summed E-state index contributed by atoms with van der Waals surface area (Å²) in [4.78, 5) is 26.0. The molecule has 1 fully saturated rings. The van der Waals surface area contributed by atoms with Crippen LogP contribution < -0.4 is 9.47 Å². The SMILES string of the molecule is CCOC(Cc1ccc(OCCN(CC2CCCCC2)C(=O)Oc2ccc(C)cc2)cc1)C(=O)O. The number of carboxylic acids is 1. The van der Waals surface area contributed by atoms with Gasteiger partial charge in [0.25, 0.3) is 0 Å². The van der Waals surface area contributed by atoms with E-state index in [4.69, 9.17) is 14.2 Å². The zero-order chi connectivity index (χ0) is 25.0. The minimum absolute atomic E-state index is 0.295. The molecule has 0 aliphatic heterocycles. The van der Waals surface area contributed by atoms with Crippen LogP contribution in [0.2, 0.25) is 0 Å². The van der Waals surface area contributed by atoms with Crippen molar-refractivity contribution in [2.24, 2.45) is 5.92 Å². The fourth-order valence-electron chi connectivity index (χ4n) is 4.34. The van der Waals surface area contributed by atoms with E-state index in [-0.39, 0.29) is 6.09 Å². The van der Waals surface area contributed by atoms with Crippen LogP contribution in [0.4, 0.5) is 4.79 Å². The van der Waals surface area contributed by atoms with Crippen LogP contribution in [-0.4, -0.2) is 54.5 Å². The highest BCUT2D eigenvalue weighted by Gasteiger charge is 2.23. The Kier molecular flexibility index (Phi) is 10.4. The molecule has 1 N–H and O–H groups in total. The predicted molar refractivity (Wildman–Crippen MR) is 134 cm³/mol. The van der Waals surface area contributed by atoms with Gasteiger partial charge in [-0.1, -0.05) is 49.1 Å². The van der Waals surface area contributed by atoms with Crippen LogP contribution in [0.5, 0.6) is 11.5 Å². The Morgan fingerprint density at radius 3 is 2.29 bits per heavy atom. The number of hydrogen-bond acceptors (Lipinski definition) is 5. The summed E-state index contributed by atoms with van der Waals surface area (Å²) in [5.41, 5.74) is 1.97. The summed E-state index contributed by atoms with van der Waals surface area (Å²) >= 11 is 0. The first-order chi connectivity index (χ1) is 16.9. The first kappa shape index (κ1) is 26.5. The van der Waals surface area contributed by atoms with Crippen LogP contribution >= 0.6 is 0 Å². The Morgan fingerprint density at radius 2 is 1.66 bits per heavy atom. The molecule has 7 heteroatoms. The second-order valence-corrected chi connectivity index (χ2v) is 9.11. The number of carbonyl (C=O) groups is 2. The first-order valence-corrected chi connectivity index (χ1v) is 12.5. The van der Waals surface area contributed by atoms with Crippen LogP contribution in [0.25, 0.3) is 0 Å². The lowest BCUT2D eigenvalue weighted by Gasteiger charge is -2.29. The lowest BCUT2D eigenvalue weighted by atomic mass is 9.89. The number of amides is 1. The molecule has 190 valence electrons. The number of aliphatic carboxylic acids is 1. The summed E-state index contributed by atoms with van der Waals surface area (Å²) in [5, 5.41) is 9.26. The van der Waals surface area contributed by atoms with Crippen molar-refractivity contribution in [1.29, 1.82) is 0 Å². The molecule has 35 heavy (non-hydrogen) atoms. The van der Waals surface area contributed by atoms with Crippen molar-refractivity contribution in [3.05, 3.63) is 59.7 Å². The third kappa shape index (κ3) is 8.91. The second kappa shape index (κ2) is 13.7. The summed E-state index contributed by atoms with van der Waals surface area (Å²) in [6.45, 7) is 5.55. The summed E-state index contributed by atoms with van der Waals surface area (Å²) in [7, 11) is 0. The second-order valence-electron chi connectivity index (χ2n) is 9.11. The fourth-order valence-corrected chi connectivity index (χ4v) is 4.34. The summed E-state index contributed by atoms with van der Waals surface area (Å²) in [5.74, 6) is 0.725. The van der Waals surface area contributed by atoms with Gasteiger partial charge < -0.3 is 24.2 Å². The molecule has 1 aliphatic carbocycles. The quantitative estimate of drug-likeness (QED) is 0.430. The molecule has 0 bridgehead atoms. The van der Waals surface area contributed by atoms with E-state index in [2.05, 4.69) is 0 Å². The van der Waals surface area contributed by atoms with Crippen LogP contribution in [0.15, 0.2) is 48.5 Å². The molecule has 7 nitrogen and oxygen atoms in total. The molecule has 1 saturated carbocycles. The molecule has 0 spiro atoms. The van der Waals surface area contributed by atoms with Crippen molar-refractivity contribution in [2.45, 2.75) is 58.5 Å². The van der Waals surface area contributed by atoms with Gasteiger partial charge in [0.15, 0.2) is 6.10 Å². The number of ether oxygens (including phenoxy) is 3. The van der Waals surface area contributed by atoms with Crippen molar-refractivity contribution < 1.29 is 28.9 Å². The van der Waals surface area contributed by atoms with Gasteiger partial charge >= 0.3 is 12.1 Å². The Balaban J connectivity index is 1.55. The molecule has 0 radical (unpaired) electrons. The molecular formula is C28H37NO6. The van der Waals surface area contributed by atoms with E-state index >= 15 is 0 Å². The lowest BCUT2D eigenvalue weighted by molar-refractivity contribution is -0.149. The normalized spacial score (nSPS) is 14.8. The highest BCUT2D eigenvalue weighted by molar-refractivity contribution is 5.72. The third-order valence-corrected chi connectivity index (χ3v) is 6.31.